The van der Waals surface area contributed by atoms with Crippen molar-refractivity contribution in [3.8, 4) is 17.4 Å². The molecular weight excluding hydrogens is 373 g/mol. The molecule has 0 aliphatic rings. The van der Waals surface area contributed by atoms with E-state index in [0.29, 0.717) is 28.7 Å². The Morgan fingerprint density at radius 3 is 2.52 bits per heavy atom. The summed E-state index contributed by atoms with van der Waals surface area (Å²) in [5.41, 5.74) is 0.931. The van der Waals surface area contributed by atoms with E-state index in [1.54, 1.807) is 77.7 Å². The van der Waals surface area contributed by atoms with E-state index in [0.717, 1.165) is 0 Å². The third kappa shape index (κ3) is 4.62. The summed E-state index contributed by atoms with van der Waals surface area (Å²) < 4.78 is 20.9. The Labute approximate surface area is 165 Å². The summed E-state index contributed by atoms with van der Waals surface area (Å²) in [4.78, 5) is 12.1. The van der Waals surface area contributed by atoms with E-state index in [1.807, 2.05) is 0 Å². The Morgan fingerprint density at radius 1 is 1.00 bits per heavy atom. The van der Waals surface area contributed by atoms with Gasteiger partial charge in [0.2, 0.25) is 11.8 Å². The normalized spacial score (nSPS) is 10.5. The maximum absolute atomic E-state index is 13.6. The molecular formula is C21H16FN5O2. The first-order valence-electron chi connectivity index (χ1n) is 8.82. The third-order valence-electron chi connectivity index (χ3n) is 4.03. The number of nitrogens with zero attached hydrogens (tertiary/aromatic N) is 4. The monoisotopic (exact) mass is 389 g/mol. The standard InChI is InChI=1S/C21H16FN5O2/c22-18-5-2-1-4-15(18)14-20(28)24-16-6-8-17(9-7-16)29-21-11-10-19(25-26-21)27-13-3-12-23-27/h1-13H,14H2,(H,24,28). The molecule has 0 atom stereocenters. The van der Waals surface area contributed by atoms with Gasteiger partial charge in [-0.2, -0.15) is 5.10 Å². The fraction of sp³-hybridized carbons (Fsp3) is 0.0476. The first kappa shape index (κ1) is 18.3. The molecule has 144 valence electrons. The number of anilines is 1. The highest BCUT2D eigenvalue weighted by molar-refractivity contribution is 5.92. The number of aromatic nitrogens is 4. The number of halogens is 1. The van der Waals surface area contributed by atoms with Crippen molar-refractivity contribution in [2.24, 2.45) is 0 Å². The van der Waals surface area contributed by atoms with Crippen LogP contribution < -0.4 is 10.1 Å². The molecule has 0 saturated heterocycles. The van der Waals surface area contributed by atoms with Gasteiger partial charge in [-0.1, -0.05) is 18.2 Å². The summed E-state index contributed by atoms with van der Waals surface area (Å²) >= 11 is 0. The van der Waals surface area contributed by atoms with E-state index < -0.39 is 5.82 Å². The second kappa shape index (κ2) is 8.30. The van der Waals surface area contributed by atoms with Crippen LogP contribution in [0, 0.1) is 5.82 Å². The predicted octanol–water partition coefficient (Wildman–Crippen LogP) is 3.77. The van der Waals surface area contributed by atoms with Crippen LogP contribution in [0.25, 0.3) is 5.82 Å². The zero-order chi connectivity index (χ0) is 20.1. The SMILES string of the molecule is O=C(Cc1ccccc1F)Nc1ccc(Oc2ccc(-n3cccn3)nn2)cc1. The Morgan fingerprint density at radius 2 is 1.83 bits per heavy atom. The largest absolute Gasteiger partial charge is 0.438 e. The minimum absolute atomic E-state index is 0.0386. The lowest BCUT2D eigenvalue weighted by molar-refractivity contribution is -0.115. The van der Waals surface area contributed by atoms with Crippen molar-refractivity contribution >= 4 is 11.6 Å². The maximum atomic E-state index is 13.6. The lowest BCUT2D eigenvalue weighted by Crippen LogP contribution is -2.15. The quantitative estimate of drug-likeness (QED) is 0.543. The molecule has 1 N–H and O–H groups in total. The van der Waals surface area contributed by atoms with Gasteiger partial charge in [-0.3, -0.25) is 4.79 Å². The predicted molar refractivity (Wildman–Crippen MR) is 104 cm³/mol. The fourth-order valence-electron chi connectivity index (χ4n) is 2.64. The van der Waals surface area contributed by atoms with Crippen LogP contribution in [0.2, 0.25) is 0 Å². The first-order valence-corrected chi connectivity index (χ1v) is 8.82. The van der Waals surface area contributed by atoms with Crippen molar-refractivity contribution < 1.29 is 13.9 Å². The van der Waals surface area contributed by atoms with Gasteiger partial charge in [0.1, 0.15) is 11.6 Å². The zero-order valence-electron chi connectivity index (χ0n) is 15.2. The molecule has 0 aliphatic carbocycles. The Hall–Kier alpha value is -4.07. The van der Waals surface area contributed by atoms with Gasteiger partial charge in [0.15, 0.2) is 5.82 Å². The van der Waals surface area contributed by atoms with Crippen LogP contribution >= 0.6 is 0 Å². The van der Waals surface area contributed by atoms with Crippen LogP contribution in [0.4, 0.5) is 10.1 Å². The Balaban J connectivity index is 1.35. The lowest BCUT2D eigenvalue weighted by Gasteiger charge is -2.08. The van der Waals surface area contributed by atoms with Crippen molar-refractivity contribution in [2.45, 2.75) is 6.42 Å². The van der Waals surface area contributed by atoms with E-state index in [4.69, 9.17) is 4.74 Å². The number of nitrogens with one attached hydrogen (secondary N) is 1. The molecule has 2 heterocycles. The van der Waals surface area contributed by atoms with Gasteiger partial charge >= 0.3 is 0 Å². The van der Waals surface area contributed by atoms with Gasteiger partial charge in [0.25, 0.3) is 0 Å². The molecule has 4 aromatic rings. The third-order valence-corrected chi connectivity index (χ3v) is 4.03. The van der Waals surface area contributed by atoms with E-state index in [1.165, 1.54) is 6.07 Å². The second-order valence-corrected chi connectivity index (χ2v) is 6.12. The van der Waals surface area contributed by atoms with Crippen molar-refractivity contribution in [3.63, 3.8) is 0 Å². The van der Waals surface area contributed by atoms with Crippen molar-refractivity contribution in [2.75, 3.05) is 5.32 Å². The number of hydrogen-bond donors (Lipinski definition) is 1. The summed E-state index contributed by atoms with van der Waals surface area (Å²) in [5, 5.41) is 14.9. The molecule has 29 heavy (non-hydrogen) atoms. The summed E-state index contributed by atoms with van der Waals surface area (Å²) in [6.45, 7) is 0. The molecule has 2 aromatic heterocycles. The molecule has 0 bridgehead atoms. The summed E-state index contributed by atoms with van der Waals surface area (Å²) in [7, 11) is 0. The van der Waals surface area contributed by atoms with Crippen LogP contribution in [0.5, 0.6) is 11.6 Å². The molecule has 0 fully saturated rings. The van der Waals surface area contributed by atoms with Gasteiger partial charge in [-0.05, 0) is 48.0 Å². The van der Waals surface area contributed by atoms with E-state index >= 15 is 0 Å². The van der Waals surface area contributed by atoms with E-state index in [2.05, 4.69) is 20.6 Å². The number of ether oxygens (including phenoxy) is 1. The highest BCUT2D eigenvalue weighted by Gasteiger charge is 2.08. The van der Waals surface area contributed by atoms with Crippen molar-refractivity contribution in [1.29, 1.82) is 0 Å². The molecule has 7 nitrogen and oxygen atoms in total. The van der Waals surface area contributed by atoms with Crippen LogP contribution in [0.15, 0.2) is 79.1 Å². The lowest BCUT2D eigenvalue weighted by atomic mass is 10.1. The summed E-state index contributed by atoms with van der Waals surface area (Å²) in [6, 6.07) is 18.2. The number of amides is 1. The van der Waals surface area contributed by atoms with Crippen molar-refractivity contribution in [3.05, 3.63) is 90.5 Å². The molecule has 0 radical (unpaired) electrons. The number of carbonyl (C=O) groups excluding carboxylic acids is 1. The molecule has 8 heteroatoms. The smallest absolute Gasteiger partial charge is 0.238 e. The van der Waals surface area contributed by atoms with Crippen LogP contribution in [-0.2, 0) is 11.2 Å². The zero-order valence-corrected chi connectivity index (χ0v) is 15.2. The van der Waals surface area contributed by atoms with Gasteiger partial charge in [0.05, 0.1) is 6.42 Å². The number of hydrogen-bond acceptors (Lipinski definition) is 5. The maximum Gasteiger partial charge on any atom is 0.238 e. The van der Waals surface area contributed by atoms with Gasteiger partial charge in [-0.15, -0.1) is 10.2 Å². The average molecular weight is 389 g/mol. The molecule has 4 rings (SSSR count). The minimum atomic E-state index is -0.397. The summed E-state index contributed by atoms with van der Waals surface area (Å²) in [5.74, 6) is 0.751. The van der Waals surface area contributed by atoms with Crippen LogP contribution in [0.1, 0.15) is 5.56 Å². The van der Waals surface area contributed by atoms with Gasteiger partial charge < -0.3 is 10.1 Å². The molecule has 2 aromatic carbocycles. The Kier molecular flexibility index (Phi) is 5.24. The van der Waals surface area contributed by atoms with Crippen molar-refractivity contribution in [1.82, 2.24) is 20.0 Å². The molecule has 0 aliphatic heterocycles. The van der Waals surface area contributed by atoms with Crippen LogP contribution in [-0.4, -0.2) is 25.9 Å². The van der Waals surface area contributed by atoms with E-state index in [9.17, 15) is 9.18 Å². The van der Waals surface area contributed by atoms with E-state index in [-0.39, 0.29) is 12.3 Å². The topological polar surface area (TPSA) is 81.9 Å². The number of rotatable bonds is 6. The highest BCUT2D eigenvalue weighted by Crippen LogP contribution is 2.21. The summed E-state index contributed by atoms with van der Waals surface area (Å²) in [6.07, 6.45) is 3.38. The molecule has 0 spiro atoms. The number of carbonyl (C=O) groups is 1. The average Bonchev–Trinajstić information content (AvgIpc) is 3.27. The van der Waals surface area contributed by atoms with Gasteiger partial charge in [-0.25, -0.2) is 9.07 Å². The highest BCUT2D eigenvalue weighted by atomic mass is 19.1. The molecule has 0 saturated carbocycles. The molecule has 0 unspecified atom stereocenters. The molecule has 1 amide bonds. The fourth-order valence-corrected chi connectivity index (χ4v) is 2.64. The van der Waals surface area contributed by atoms with Gasteiger partial charge in [0, 0.05) is 24.1 Å². The van der Waals surface area contributed by atoms with Crippen LogP contribution in [0.3, 0.4) is 0 Å². The second-order valence-electron chi connectivity index (χ2n) is 6.12. The Bertz CT molecular complexity index is 1100. The number of benzene rings is 2. The minimum Gasteiger partial charge on any atom is -0.438 e. The first-order chi connectivity index (χ1) is 14.2.